The highest BCUT2D eigenvalue weighted by Crippen LogP contribution is 2.32. The maximum absolute atomic E-state index is 13.0. The molecule has 7 nitrogen and oxygen atoms in total. The number of piperazine rings is 1. The molecule has 1 aromatic carbocycles. The van der Waals surface area contributed by atoms with Gasteiger partial charge in [-0.1, -0.05) is 18.9 Å². The second-order valence-electron chi connectivity index (χ2n) is 8.96. The number of fused-ring (bicyclic) bond motifs is 1. The fraction of sp³-hybridized carbons (Fsp3) is 0.652. The zero-order valence-corrected chi connectivity index (χ0v) is 17.6. The molecule has 1 atom stereocenters. The van der Waals surface area contributed by atoms with Crippen LogP contribution in [-0.2, 0) is 16.1 Å². The van der Waals surface area contributed by atoms with Crippen LogP contribution >= 0.6 is 0 Å². The van der Waals surface area contributed by atoms with Crippen LogP contribution in [0.3, 0.4) is 0 Å². The lowest BCUT2D eigenvalue weighted by Crippen LogP contribution is -2.50. The monoisotopic (exact) mass is 413 g/mol. The molecule has 4 aliphatic rings. The molecule has 1 aromatic rings. The first kappa shape index (κ1) is 19.7. The Balaban J connectivity index is 1.12. The minimum atomic E-state index is -0.151. The molecule has 2 saturated heterocycles. The summed E-state index contributed by atoms with van der Waals surface area (Å²) in [5.41, 5.74) is 1.20. The lowest BCUT2D eigenvalue weighted by Gasteiger charge is -2.36. The molecule has 1 saturated carbocycles. The predicted octanol–water partition coefficient (Wildman–Crippen LogP) is 1.89. The topological polar surface area (TPSA) is 62.3 Å². The fourth-order valence-electron chi connectivity index (χ4n) is 5.29. The first-order chi connectivity index (χ1) is 14.7. The number of hydrogen-bond donors (Lipinski definition) is 0. The average molecular weight is 414 g/mol. The van der Waals surface area contributed by atoms with Crippen LogP contribution < -0.4 is 9.47 Å². The maximum atomic E-state index is 13.0. The summed E-state index contributed by atoms with van der Waals surface area (Å²) < 4.78 is 11.3. The van der Waals surface area contributed by atoms with Crippen LogP contribution in [-0.4, -0.2) is 78.5 Å². The third-order valence-corrected chi connectivity index (χ3v) is 6.97. The minimum absolute atomic E-state index is 0.151. The molecule has 0 spiro atoms. The molecule has 2 amide bonds. The first-order valence-electron chi connectivity index (χ1n) is 11.4. The van der Waals surface area contributed by atoms with E-state index in [1.807, 2.05) is 15.9 Å². The molecule has 30 heavy (non-hydrogen) atoms. The van der Waals surface area contributed by atoms with Gasteiger partial charge in [0.25, 0.3) is 0 Å². The standard InChI is InChI=1S/C23H31N3O4/c27-22-14-18(16-26(22)19-3-1-2-4-19)23(28)25-9-7-24(8-10-25)15-17-5-6-20-21(13-17)30-12-11-29-20/h5-6,13,18-19H,1-4,7-12,14-16H2. The number of carbonyl (C=O) groups excluding carboxylic acids is 2. The number of nitrogens with zero attached hydrogens (tertiary/aromatic N) is 3. The summed E-state index contributed by atoms with van der Waals surface area (Å²) in [5, 5.41) is 0. The average Bonchev–Trinajstić information content (AvgIpc) is 3.43. The van der Waals surface area contributed by atoms with E-state index in [-0.39, 0.29) is 17.7 Å². The molecule has 1 aliphatic carbocycles. The number of carbonyl (C=O) groups is 2. The van der Waals surface area contributed by atoms with Gasteiger partial charge in [0.15, 0.2) is 11.5 Å². The summed E-state index contributed by atoms with van der Waals surface area (Å²) in [6, 6.07) is 6.51. The molecule has 3 fully saturated rings. The molecule has 1 unspecified atom stereocenters. The highest BCUT2D eigenvalue weighted by atomic mass is 16.6. The van der Waals surface area contributed by atoms with Gasteiger partial charge in [-0.15, -0.1) is 0 Å². The van der Waals surface area contributed by atoms with E-state index in [1.165, 1.54) is 18.4 Å². The normalized spacial score (nSPS) is 25.2. The van der Waals surface area contributed by atoms with Crippen molar-refractivity contribution < 1.29 is 19.1 Å². The number of likely N-dealkylation sites (tertiary alicyclic amines) is 1. The Morgan fingerprint density at radius 1 is 1.00 bits per heavy atom. The van der Waals surface area contributed by atoms with Gasteiger partial charge in [-0.05, 0) is 30.5 Å². The molecule has 162 valence electrons. The summed E-state index contributed by atoms with van der Waals surface area (Å²) >= 11 is 0. The first-order valence-corrected chi connectivity index (χ1v) is 11.4. The highest BCUT2D eigenvalue weighted by molar-refractivity contribution is 5.89. The van der Waals surface area contributed by atoms with Gasteiger partial charge in [0.1, 0.15) is 13.2 Å². The second kappa shape index (κ2) is 8.46. The lowest BCUT2D eigenvalue weighted by atomic mass is 10.1. The van der Waals surface area contributed by atoms with Crippen molar-refractivity contribution in [1.29, 1.82) is 0 Å². The molecule has 7 heteroatoms. The summed E-state index contributed by atoms with van der Waals surface area (Å²) in [7, 11) is 0. The van der Waals surface area contributed by atoms with Crippen molar-refractivity contribution in [3.8, 4) is 11.5 Å². The predicted molar refractivity (Wildman–Crippen MR) is 111 cm³/mol. The summed E-state index contributed by atoms with van der Waals surface area (Å²) in [6.45, 7) is 5.84. The van der Waals surface area contributed by atoms with Gasteiger partial charge in [-0.2, -0.15) is 0 Å². The molecule has 3 heterocycles. The summed E-state index contributed by atoms with van der Waals surface area (Å²) in [5.74, 6) is 1.84. The molecular weight excluding hydrogens is 382 g/mol. The van der Waals surface area contributed by atoms with Gasteiger partial charge in [-0.3, -0.25) is 14.5 Å². The molecular formula is C23H31N3O4. The molecule has 0 bridgehead atoms. The Kier molecular flexibility index (Phi) is 5.54. The van der Waals surface area contributed by atoms with Crippen molar-refractivity contribution in [2.24, 2.45) is 5.92 Å². The molecule has 0 aromatic heterocycles. The Bertz CT molecular complexity index is 800. The van der Waals surface area contributed by atoms with Gasteiger partial charge in [0, 0.05) is 51.7 Å². The van der Waals surface area contributed by atoms with Crippen LogP contribution in [0.1, 0.15) is 37.7 Å². The SMILES string of the molecule is O=C(C1CC(=O)N(C2CCCC2)C1)N1CCN(Cc2ccc3c(c2)OCCO3)CC1. The zero-order chi connectivity index (χ0) is 20.5. The zero-order valence-electron chi connectivity index (χ0n) is 17.6. The van der Waals surface area contributed by atoms with Crippen molar-refractivity contribution >= 4 is 11.8 Å². The van der Waals surface area contributed by atoms with Crippen LogP contribution in [0.25, 0.3) is 0 Å². The van der Waals surface area contributed by atoms with Crippen LogP contribution in [0, 0.1) is 5.92 Å². The molecule has 0 radical (unpaired) electrons. The molecule has 0 N–H and O–H groups in total. The number of hydrogen-bond acceptors (Lipinski definition) is 5. The third kappa shape index (κ3) is 4.00. The van der Waals surface area contributed by atoms with Gasteiger partial charge in [0.2, 0.25) is 11.8 Å². The smallest absolute Gasteiger partial charge is 0.228 e. The Hall–Kier alpha value is -2.28. The number of ether oxygens (including phenoxy) is 2. The number of amides is 2. The number of benzene rings is 1. The summed E-state index contributed by atoms with van der Waals surface area (Å²) in [6.07, 6.45) is 5.01. The van der Waals surface area contributed by atoms with Gasteiger partial charge in [0.05, 0.1) is 5.92 Å². The van der Waals surface area contributed by atoms with Crippen LogP contribution in [0.5, 0.6) is 11.5 Å². The van der Waals surface area contributed by atoms with Crippen molar-refractivity contribution in [2.45, 2.75) is 44.7 Å². The maximum Gasteiger partial charge on any atom is 0.228 e. The van der Waals surface area contributed by atoms with E-state index < -0.39 is 0 Å². The van der Waals surface area contributed by atoms with Crippen molar-refractivity contribution in [3.63, 3.8) is 0 Å². The molecule has 3 aliphatic heterocycles. The molecule has 5 rings (SSSR count). The van der Waals surface area contributed by atoms with E-state index in [0.29, 0.717) is 32.2 Å². The quantitative estimate of drug-likeness (QED) is 0.755. The Labute approximate surface area is 177 Å². The Morgan fingerprint density at radius 2 is 1.73 bits per heavy atom. The third-order valence-electron chi connectivity index (χ3n) is 6.97. The van der Waals surface area contributed by atoms with E-state index in [9.17, 15) is 9.59 Å². The van der Waals surface area contributed by atoms with E-state index in [1.54, 1.807) is 0 Å². The van der Waals surface area contributed by atoms with E-state index in [2.05, 4.69) is 17.0 Å². The van der Waals surface area contributed by atoms with Gasteiger partial charge >= 0.3 is 0 Å². The van der Waals surface area contributed by atoms with Gasteiger partial charge < -0.3 is 19.3 Å². The fourth-order valence-corrected chi connectivity index (χ4v) is 5.29. The number of rotatable bonds is 4. The summed E-state index contributed by atoms with van der Waals surface area (Å²) in [4.78, 5) is 31.8. The Morgan fingerprint density at radius 3 is 2.50 bits per heavy atom. The second-order valence-corrected chi connectivity index (χ2v) is 8.96. The van der Waals surface area contributed by atoms with E-state index in [0.717, 1.165) is 57.1 Å². The lowest BCUT2D eigenvalue weighted by molar-refractivity contribution is -0.137. The minimum Gasteiger partial charge on any atom is -0.486 e. The van der Waals surface area contributed by atoms with Crippen molar-refractivity contribution in [2.75, 3.05) is 45.9 Å². The van der Waals surface area contributed by atoms with Crippen molar-refractivity contribution in [1.82, 2.24) is 14.7 Å². The van der Waals surface area contributed by atoms with Crippen LogP contribution in [0.4, 0.5) is 0 Å². The van der Waals surface area contributed by atoms with Gasteiger partial charge in [-0.25, -0.2) is 0 Å². The largest absolute Gasteiger partial charge is 0.486 e. The van der Waals surface area contributed by atoms with Crippen LogP contribution in [0.15, 0.2) is 18.2 Å². The van der Waals surface area contributed by atoms with E-state index >= 15 is 0 Å². The highest BCUT2D eigenvalue weighted by Gasteiger charge is 2.40. The van der Waals surface area contributed by atoms with Crippen LogP contribution in [0.2, 0.25) is 0 Å². The van der Waals surface area contributed by atoms with Crippen molar-refractivity contribution in [3.05, 3.63) is 23.8 Å². The van der Waals surface area contributed by atoms with E-state index in [4.69, 9.17) is 9.47 Å².